The molecule has 8 heteroatoms. The molecule has 0 aliphatic heterocycles. The number of furan rings is 1. The molecule has 1 unspecified atom stereocenters. The highest BCUT2D eigenvalue weighted by Crippen LogP contribution is 2.26. The molecule has 3 aromatic rings. The van der Waals surface area contributed by atoms with E-state index in [4.69, 9.17) is 20.2 Å². The second kappa shape index (κ2) is 9.15. The van der Waals surface area contributed by atoms with Crippen LogP contribution in [0.3, 0.4) is 0 Å². The van der Waals surface area contributed by atoms with Crippen molar-refractivity contribution in [2.75, 3.05) is 6.26 Å². The van der Waals surface area contributed by atoms with Crippen LogP contribution in [0.1, 0.15) is 22.3 Å². The molecule has 3 rings (SSSR count). The van der Waals surface area contributed by atoms with Crippen LogP contribution in [0.4, 0.5) is 0 Å². The summed E-state index contributed by atoms with van der Waals surface area (Å²) >= 11 is 6.45. The number of hydrogen-bond acceptors (Lipinski definition) is 5. The lowest BCUT2D eigenvalue weighted by Crippen LogP contribution is -2.32. The summed E-state index contributed by atoms with van der Waals surface area (Å²) in [6.07, 6.45) is 2.51. The van der Waals surface area contributed by atoms with E-state index in [1.54, 1.807) is 47.4 Å². The first kappa shape index (κ1) is 21.0. The van der Waals surface area contributed by atoms with Gasteiger partial charge in [-0.2, -0.15) is 8.42 Å². The zero-order valence-electron chi connectivity index (χ0n) is 15.7. The summed E-state index contributed by atoms with van der Waals surface area (Å²) in [6.45, 7) is 0.426. The highest BCUT2D eigenvalue weighted by molar-refractivity contribution is 7.86. The molecular weight excluding hydrogens is 414 g/mol. The minimum atomic E-state index is -3.65. The third kappa shape index (κ3) is 6.10. The number of rotatable bonds is 8. The molecule has 0 N–H and O–H groups in total. The Balaban J connectivity index is 1.84. The molecule has 0 bridgehead atoms. The highest BCUT2D eigenvalue weighted by Gasteiger charge is 2.25. The lowest BCUT2D eigenvalue weighted by Gasteiger charge is -2.24. The topological polar surface area (TPSA) is 76.8 Å². The largest absolute Gasteiger partial charge is 0.467 e. The molecule has 6 nitrogen and oxygen atoms in total. The number of halogens is 1. The van der Waals surface area contributed by atoms with Crippen LogP contribution in [0, 0.1) is 0 Å². The summed E-state index contributed by atoms with van der Waals surface area (Å²) in [5, 5.41) is -0.860. The van der Waals surface area contributed by atoms with Gasteiger partial charge in [-0.15, -0.1) is 11.6 Å². The molecule has 1 aromatic heterocycles. The number of alkyl halides is 1. The number of carbonyl (C=O) groups is 1. The van der Waals surface area contributed by atoms with Crippen molar-refractivity contribution in [2.24, 2.45) is 0 Å². The molecule has 1 heterocycles. The Morgan fingerprint density at radius 1 is 1.07 bits per heavy atom. The summed E-state index contributed by atoms with van der Waals surface area (Å²) < 4.78 is 33.1. The van der Waals surface area contributed by atoms with Crippen LogP contribution in [-0.4, -0.2) is 25.5 Å². The number of nitrogens with zero attached hydrogens (tertiary/aromatic N) is 1. The number of hydrogen-bond donors (Lipinski definition) is 0. The van der Waals surface area contributed by atoms with Gasteiger partial charge in [-0.1, -0.05) is 42.5 Å². The van der Waals surface area contributed by atoms with E-state index in [-0.39, 0.29) is 24.7 Å². The first-order chi connectivity index (χ1) is 13.8. The molecule has 0 aliphatic carbocycles. The lowest BCUT2D eigenvalue weighted by atomic mass is 10.1. The van der Waals surface area contributed by atoms with E-state index in [1.807, 2.05) is 18.2 Å². The summed E-state index contributed by atoms with van der Waals surface area (Å²) in [4.78, 5) is 14.7. The van der Waals surface area contributed by atoms with Gasteiger partial charge in [-0.25, -0.2) is 0 Å². The fourth-order valence-corrected chi connectivity index (χ4v) is 3.55. The van der Waals surface area contributed by atoms with Crippen LogP contribution in [0.25, 0.3) is 0 Å². The predicted octanol–water partition coefficient (Wildman–Crippen LogP) is 4.13. The van der Waals surface area contributed by atoms with Gasteiger partial charge >= 0.3 is 10.1 Å². The predicted molar refractivity (Wildman–Crippen MR) is 110 cm³/mol. The molecule has 1 atom stereocenters. The van der Waals surface area contributed by atoms with E-state index in [2.05, 4.69) is 0 Å². The molecule has 0 saturated carbocycles. The van der Waals surface area contributed by atoms with Gasteiger partial charge in [-0.05, 0) is 35.4 Å². The van der Waals surface area contributed by atoms with Gasteiger partial charge in [-0.3, -0.25) is 4.79 Å². The molecule has 0 spiro atoms. The normalized spacial score (nSPS) is 12.3. The van der Waals surface area contributed by atoms with Crippen molar-refractivity contribution in [3.8, 4) is 5.75 Å². The van der Waals surface area contributed by atoms with Gasteiger partial charge in [0.25, 0.3) is 0 Å². The molecule has 0 radical (unpaired) electrons. The Labute approximate surface area is 174 Å². The van der Waals surface area contributed by atoms with E-state index in [1.165, 1.54) is 12.3 Å². The number of carbonyl (C=O) groups excluding carboxylic acids is 1. The fourth-order valence-electron chi connectivity index (χ4n) is 2.82. The minimum absolute atomic E-state index is 0.181. The van der Waals surface area contributed by atoms with Gasteiger partial charge in [0.2, 0.25) is 5.91 Å². The van der Waals surface area contributed by atoms with Crippen molar-refractivity contribution in [3.63, 3.8) is 0 Å². The first-order valence-electron chi connectivity index (χ1n) is 8.80. The first-order valence-corrected chi connectivity index (χ1v) is 11.1. The maximum Gasteiger partial charge on any atom is 0.306 e. The Bertz CT molecular complexity index is 1050. The number of amides is 1. The standard InChI is InChI=1S/C21H20ClNO5S/c1-29(25,26)28-18-10-5-7-16(13-18)14-23(15-19-11-6-12-27-19)21(24)20(22)17-8-3-2-4-9-17/h2-13,20H,14-15H2,1H3. The van der Waals surface area contributed by atoms with E-state index in [0.29, 0.717) is 16.9 Å². The van der Waals surface area contributed by atoms with Gasteiger partial charge < -0.3 is 13.5 Å². The van der Waals surface area contributed by atoms with Gasteiger partial charge in [0.15, 0.2) is 0 Å². The average molecular weight is 434 g/mol. The van der Waals surface area contributed by atoms with Gasteiger partial charge in [0.05, 0.1) is 19.1 Å². The molecule has 2 aromatic carbocycles. The van der Waals surface area contributed by atoms with Gasteiger partial charge in [0, 0.05) is 6.54 Å². The summed E-state index contributed by atoms with van der Waals surface area (Å²) in [5.74, 6) is 0.503. The second-order valence-electron chi connectivity index (χ2n) is 6.48. The summed E-state index contributed by atoms with van der Waals surface area (Å²) in [5.41, 5.74) is 1.39. The van der Waals surface area contributed by atoms with E-state index in [0.717, 1.165) is 6.26 Å². The minimum Gasteiger partial charge on any atom is -0.467 e. The van der Waals surface area contributed by atoms with Crippen LogP contribution in [0.15, 0.2) is 77.4 Å². The van der Waals surface area contributed by atoms with Crippen molar-refractivity contribution < 1.29 is 21.8 Å². The third-order valence-electron chi connectivity index (χ3n) is 4.07. The van der Waals surface area contributed by atoms with E-state index >= 15 is 0 Å². The molecule has 0 saturated heterocycles. The van der Waals surface area contributed by atoms with Crippen LogP contribution >= 0.6 is 11.6 Å². The van der Waals surface area contributed by atoms with E-state index in [9.17, 15) is 13.2 Å². The molecule has 152 valence electrons. The van der Waals surface area contributed by atoms with Crippen molar-refractivity contribution in [1.82, 2.24) is 4.90 Å². The summed E-state index contributed by atoms with van der Waals surface area (Å²) in [7, 11) is -3.65. The van der Waals surface area contributed by atoms with Crippen LogP contribution in [-0.2, 0) is 28.0 Å². The van der Waals surface area contributed by atoms with Gasteiger partial charge in [0.1, 0.15) is 16.9 Å². The highest BCUT2D eigenvalue weighted by atomic mass is 35.5. The average Bonchev–Trinajstić information content (AvgIpc) is 3.19. The Hall–Kier alpha value is -2.77. The smallest absolute Gasteiger partial charge is 0.306 e. The van der Waals surface area contributed by atoms with Crippen molar-refractivity contribution in [3.05, 3.63) is 89.9 Å². The molecule has 1 amide bonds. The number of benzene rings is 2. The zero-order valence-corrected chi connectivity index (χ0v) is 17.3. The van der Waals surface area contributed by atoms with E-state index < -0.39 is 15.5 Å². The monoisotopic (exact) mass is 433 g/mol. The van der Waals surface area contributed by atoms with Crippen molar-refractivity contribution in [2.45, 2.75) is 18.5 Å². The molecule has 0 aliphatic rings. The van der Waals surface area contributed by atoms with Crippen LogP contribution in [0.2, 0.25) is 0 Å². The molecule has 0 fully saturated rings. The SMILES string of the molecule is CS(=O)(=O)Oc1cccc(CN(Cc2ccco2)C(=O)C(Cl)c2ccccc2)c1. The van der Waals surface area contributed by atoms with Crippen molar-refractivity contribution >= 4 is 27.6 Å². The molecule has 29 heavy (non-hydrogen) atoms. The van der Waals surface area contributed by atoms with Crippen molar-refractivity contribution in [1.29, 1.82) is 0 Å². The maximum absolute atomic E-state index is 13.1. The fraction of sp³-hybridized carbons (Fsp3) is 0.190. The Morgan fingerprint density at radius 3 is 2.48 bits per heavy atom. The maximum atomic E-state index is 13.1. The third-order valence-corrected chi connectivity index (χ3v) is 5.00. The van der Waals surface area contributed by atoms with Crippen LogP contribution in [0.5, 0.6) is 5.75 Å². The summed E-state index contributed by atoms with van der Waals surface area (Å²) in [6, 6.07) is 19.2. The lowest BCUT2D eigenvalue weighted by molar-refractivity contribution is -0.132. The Morgan fingerprint density at radius 2 is 1.83 bits per heavy atom. The Kier molecular flexibility index (Phi) is 6.61. The van der Waals surface area contributed by atoms with Crippen LogP contribution < -0.4 is 4.18 Å². The molecular formula is C21H20ClNO5S. The quantitative estimate of drug-likeness (QED) is 0.394. The zero-order chi connectivity index (χ0) is 20.9. The second-order valence-corrected chi connectivity index (χ2v) is 8.49.